The number of hydrogen-bond donors (Lipinski definition) is 2. The van der Waals surface area contributed by atoms with Gasteiger partial charge in [0.2, 0.25) is 11.8 Å². The molecule has 9 nitrogen and oxygen atoms in total. The number of carbonyl (C=O) groups excluding carboxylic acids is 3. The van der Waals surface area contributed by atoms with Gasteiger partial charge in [-0.05, 0) is 38.3 Å². The maximum atomic E-state index is 13.8. The van der Waals surface area contributed by atoms with Crippen LogP contribution in [0.25, 0.3) is 0 Å². The first-order valence-electron chi connectivity index (χ1n) is 13.0. The van der Waals surface area contributed by atoms with Crippen molar-refractivity contribution < 1.29 is 24.0 Å². The van der Waals surface area contributed by atoms with Crippen molar-refractivity contribution in [3.63, 3.8) is 0 Å². The molecule has 0 saturated carbocycles. The summed E-state index contributed by atoms with van der Waals surface area (Å²) in [5, 5.41) is 7.23. The molecule has 1 saturated heterocycles. The fraction of sp³-hybridized carbons (Fsp3) is 0.483. The van der Waals surface area contributed by atoms with Crippen molar-refractivity contribution in [1.82, 2.24) is 20.6 Å². The summed E-state index contributed by atoms with van der Waals surface area (Å²) < 4.78 is 5.36. The smallest absolute Gasteiger partial charge is 0.407 e. The molecular formula is C29H40N4O5. The van der Waals surface area contributed by atoms with Crippen molar-refractivity contribution in [1.29, 1.82) is 0 Å². The van der Waals surface area contributed by atoms with Crippen molar-refractivity contribution in [2.75, 3.05) is 33.8 Å². The Morgan fingerprint density at radius 1 is 1.08 bits per heavy atom. The zero-order valence-corrected chi connectivity index (χ0v) is 23.0. The molecule has 3 rings (SSSR count). The highest BCUT2D eigenvalue weighted by Gasteiger charge is 2.35. The Balaban J connectivity index is 1.82. The lowest BCUT2D eigenvalue weighted by molar-refractivity contribution is -0.170. The third kappa shape index (κ3) is 8.56. The van der Waals surface area contributed by atoms with Crippen LogP contribution in [0.3, 0.4) is 0 Å². The number of hydroxylamine groups is 2. The lowest BCUT2D eigenvalue weighted by atomic mass is 9.90. The van der Waals surface area contributed by atoms with E-state index in [1.807, 2.05) is 41.3 Å². The molecule has 0 aromatic heterocycles. The summed E-state index contributed by atoms with van der Waals surface area (Å²) in [5.74, 6) is -0.503. The summed E-state index contributed by atoms with van der Waals surface area (Å²) in [6, 6.07) is 19.2. The summed E-state index contributed by atoms with van der Waals surface area (Å²) in [6.07, 6.45) is 0.0127. The zero-order chi connectivity index (χ0) is 27.7. The normalized spacial score (nSPS) is 18.2. The van der Waals surface area contributed by atoms with Crippen molar-refractivity contribution in [3.8, 4) is 0 Å². The van der Waals surface area contributed by atoms with Gasteiger partial charge < -0.3 is 20.3 Å². The SMILES string of the molecule is CON(C)C(=O)C[C@@H]1N[C@H](CNC(=O)OC(C)(C)C)CCN(CC(c2ccccc2)c2ccccc2)C1=O. The predicted molar refractivity (Wildman–Crippen MR) is 145 cm³/mol. The molecule has 2 aromatic carbocycles. The molecule has 0 aliphatic carbocycles. The van der Waals surface area contributed by atoms with Crippen LogP contribution in [0.4, 0.5) is 4.79 Å². The Bertz CT molecular complexity index is 1020. The molecule has 0 spiro atoms. The predicted octanol–water partition coefficient (Wildman–Crippen LogP) is 3.31. The highest BCUT2D eigenvalue weighted by atomic mass is 16.7. The lowest BCUT2D eigenvalue weighted by Crippen LogP contribution is -2.51. The van der Waals surface area contributed by atoms with Gasteiger partial charge in [0.25, 0.3) is 0 Å². The van der Waals surface area contributed by atoms with Crippen LogP contribution < -0.4 is 10.6 Å². The summed E-state index contributed by atoms with van der Waals surface area (Å²) >= 11 is 0. The number of ether oxygens (including phenoxy) is 1. The van der Waals surface area contributed by atoms with E-state index in [9.17, 15) is 14.4 Å². The zero-order valence-electron chi connectivity index (χ0n) is 23.0. The van der Waals surface area contributed by atoms with Gasteiger partial charge in [0, 0.05) is 38.6 Å². The van der Waals surface area contributed by atoms with Crippen molar-refractivity contribution >= 4 is 17.9 Å². The fourth-order valence-electron chi connectivity index (χ4n) is 4.49. The Morgan fingerprint density at radius 2 is 1.66 bits per heavy atom. The van der Waals surface area contributed by atoms with Crippen molar-refractivity contribution in [3.05, 3.63) is 71.8 Å². The van der Waals surface area contributed by atoms with E-state index in [0.717, 1.165) is 16.2 Å². The molecule has 2 N–H and O–H groups in total. The standard InChI is InChI=1S/C29H40N4O5/c1-29(2,3)38-28(36)30-19-23-16-17-33(27(35)25(31-23)18-26(34)32(4)37-5)20-24(21-12-8-6-9-13-21)22-14-10-7-11-15-22/h6-15,23-25,31H,16-20H2,1-5H3,(H,30,36)/t23-,25-/m0/s1. The molecule has 38 heavy (non-hydrogen) atoms. The van der Waals surface area contributed by atoms with Crippen LogP contribution in [0.5, 0.6) is 0 Å². The van der Waals surface area contributed by atoms with Gasteiger partial charge in [-0.1, -0.05) is 60.7 Å². The molecule has 206 valence electrons. The average molecular weight is 525 g/mol. The van der Waals surface area contributed by atoms with E-state index in [1.165, 1.54) is 14.2 Å². The third-order valence-corrected chi connectivity index (χ3v) is 6.50. The number of hydrogen-bond acceptors (Lipinski definition) is 6. The summed E-state index contributed by atoms with van der Waals surface area (Å²) in [4.78, 5) is 45.6. The van der Waals surface area contributed by atoms with Gasteiger partial charge in [-0.15, -0.1) is 0 Å². The minimum absolute atomic E-state index is 0.0317. The number of rotatable bonds is 9. The largest absolute Gasteiger partial charge is 0.444 e. The summed E-state index contributed by atoms with van der Waals surface area (Å²) in [7, 11) is 2.92. The van der Waals surface area contributed by atoms with Gasteiger partial charge in [0.05, 0.1) is 19.6 Å². The van der Waals surface area contributed by atoms with Crippen molar-refractivity contribution in [2.45, 2.75) is 57.2 Å². The van der Waals surface area contributed by atoms with Gasteiger partial charge in [0.15, 0.2) is 0 Å². The van der Waals surface area contributed by atoms with Crippen LogP contribution in [0, 0.1) is 0 Å². The van der Waals surface area contributed by atoms with Gasteiger partial charge >= 0.3 is 6.09 Å². The van der Waals surface area contributed by atoms with Crippen LogP contribution in [0.2, 0.25) is 0 Å². The molecule has 0 radical (unpaired) electrons. The fourth-order valence-corrected chi connectivity index (χ4v) is 4.49. The second-order valence-electron chi connectivity index (χ2n) is 10.5. The lowest BCUT2D eigenvalue weighted by Gasteiger charge is -2.29. The Kier molecular flexibility index (Phi) is 10.3. The maximum absolute atomic E-state index is 13.8. The first kappa shape index (κ1) is 29.1. The average Bonchev–Trinajstić information content (AvgIpc) is 3.04. The minimum Gasteiger partial charge on any atom is -0.444 e. The van der Waals surface area contributed by atoms with Gasteiger partial charge in [-0.2, -0.15) is 0 Å². The van der Waals surface area contributed by atoms with E-state index in [2.05, 4.69) is 34.9 Å². The first-order chi connectivity index (χ1) is 18.1. The molecule has 1 aliphatic rings. The molecule has 1 fully saturated rings. The maximum Gasteiger partial charge on any atom is 0.407 e. The van der Waals surface area contributed by atoms with Crippen LogP contribution in [0.1, 0.15) is 50.7 Å². The third-order valence-electron chi connectivity index (χ3n) is 6.50. The van der Waals surface area contributed by atoms with E-state index in [0.29, 0.717) is 19.5 Å². The first-order valence-corrected chi connectivity index (χ1v) is 13.0. The minimum atomic E-state index is -0.764. The van der Waals surface area contributed by atoms with E-state index >= 15 is 0 Å². The topological polar surface area (TPSA) is 100 Å². The second-order valence-corrected chi connectivity index (χ2v) is 10.5. The van der Waals surface area contributed by atoms with Crippen LogP contribution >= 0.6 is 0 Å². The van der Waals surface area contributed by atoms with Gasteiger partial charge in [0.1, 0.15) is 5.60 Å². The molecule has 2 aromatic rings. The van der Waals surface area contributed by atoms with E-state index in [1.54, 1.807) is 20.8 Å². The highest BCUT2D eigenvalue weighted by Crippen LogP contribution is 2.27. The Labute approximate surface area is 225 Å². The molecule has 1 heterocycles. The molecule has 0 unspecified atom stereocenters. The van der Waals surface area contributed by atoms with Gasteiger partial charge in [-0.3, -0.25) is 14.4 Å². The number of carbonyl (C=O) groups is 3. The Hall–Kier alpha value is -3.43. The van der Waals surface area contributed by atoms with E-state index < -0.39 is 17.7 Å². The van der Waals surface area contributed by atoms with Crippen LogP contribution in [0.15, 0.2) is 60.7 Å². The number of nitrogens with zero attached hydrogens (tertiary/aromatic N) is 2. The van der Waals surface area contributed by atoms with Crippen LogP contribution in [-0.2, 0) is 19.2 Å². The van der Waals surface area contributed by atoms with Crippen LogP contribution in [-0.4, -0.2) is 79.3 Å². The highest BCUT2D eigenvalue weighted by molar-refractivity contribution is 5.88. The molecule has 3 amide bonds. The van der Waals surface area contributed by atoms with Gasteiger partial charge in [-0.25, -0.2) is 9.86 Å². The molecule has 1 aliphatic heterocycles. The number of alkyl carbamates (subject to hydrolysis) is 1. The second kappa shape index (κ2) is 13.4. The summed E-state index contributed by atoms with van der Waals surface area (Å²) in [5.41, 5.74) is 1.61. The molecule has 0 bridgehead atoms. The Morgan fingerprint density at radius 3 is 2.18 bits per heavy atom. The number of benzene rings is 2. The number of nitrogens with one attached hydrogen (secondary N) is 2. The molecular weight excluding hydrogens is 484 g/mol. The van der Waals surface area contributed by atoms with E-state index in [4.69, 9.17) is 9.57 Å². The molecule has 9 heteroatoms. The monoisotopic (exact) mass is 524 g/mol. The summed E-state index contributed by atoms with van der Waals surface area (Å²) in [6.45, 7) is 6.62. The molecule has 2 atom stereocenters. The quantitative estimate of drug-likeness (QED) is 0.489. The van der Waals surface area contributed by atoms with E-state index in [-0.39, 0.29) is 36.7 Å². The number of amides is 3. The van der Waals surface area contributed by atoms with Crippen molar-refractivity contribution in [2.24, 2.45) is 0 Å².